The zero-order valence-corrected chi connectivity index (χ0v) is 11.8. The van der Waals surface area contributed by atoms with Gasteiger partial charge in [-0.05, 0) is 33.4 Å². The fourth-order valence-corrected chi connectivity index (χ4v) is 4.21. The van der Waals surface area contributed by atoms with Crippen molar-refractivity contribution in [1.29, 1.82) is 0 Å². The lowest BCUT2D eigenvalue weighted by atomic mass is 9.56. The maximum absolute atomic E-state index is 11.7. The van der Waals surface area contributed by atoms with Crippen LogP contribution in [-0.2, 0) is 11.2 Å². The van der Waals surface area contributed by atoms with E-state index in [0.717, 1.165) is 33.4 Å². The van der Waals surface area contributed by atoms with Crippen LogP contribution < -0.4 is 0 Å². The fourth-order valence-electron chi connectivity index (χ4n) is 4.21. The van der Waals surface area contributed by atoms with Gasteiger partial charge in [0, 0.05) is 0 Å². The minimum absolute atomic E-state index is 0.773. The van der Waals surface area contributed by atoms with E-state index in [1.165, 1.54) is 0 Å². The molecule has 0 radical (unpaired) electrons. The van der Waals surface area contributed by atoms with E-state index in [0.29, 0.717) is 0 Å². The van der Waals surface area contributed by atoms with Gasteiger partial charge in [-0.25, -0.2) is 0 Å². The van der Waals surface area contributed by atoms with E-state index in [4.69, 9.17) is 0 Å². The average molecular weight is 286 g/mol. The second kappa shape index (κ2) is 3.67. The fraction of sp³-hybridized carbons (Fsp3) is 0.100. The van der Waals surface area contributed by atoms with Crippen LogP contribution in [0.1, 0.15) is 33.4 Å². The molecular weight excluding hydrogens is 272 g/mol. The van der Waals surface area contributed by atoms with E-state index in [1.807, 2.05) is 72.8 Å². The summed E-state index contributed by atoms with van der Waals surface area (Å²) in [4.78, 5) is 0. The third kappa shape index (κ3) is 1.09. The summed E-state index contributed by atoms with van der Waals surface area (Å²) in [6.07, 6.45) is 0. The zero-order chi connectivity index (χ0) is 14.9. The molecule has 0 aliphatic heterocycles. The van der Waals surface area contributed by atoms with Gasteiger partial charge in [0.2, 0.25) is 0 Å². The van der Waals surface area contributed by atoms with Gasteiger partial charge in [-0.3, -0.25) is 0 Å². The third-order valence-electron chi connectivity index (χ3n) is 5.12. The lowest BCUT2D eigenvalue weighted by molar-refractivity contribution is 0.0494. The third-order valence-corrected chi connectivity index (χ3v) is 5.12. The summed E-state index contributed by atoms with van der Waals surface area (Å²) in [5.41, 5.74) is 2.24. The molecule has 2 N–H and O–H groups in total. The number of aliphatic hydroxyl groups is 2. The van der Waals surface area contributed by atoms with E-state index in [2.05, 4.69) is 0 Å². The maximum Gasteiger partial charge on any atom is 0.141 e. The highest BCUT2D eigenvalue weighted by Gasteiger charge is 2.57. The predicted octanol–water partition coefficient (Wildman–Crippen LogP) is 2.88. The first-order valence-electron chi connectivity index (χ1n) is 7.43. The monoisotopic (exact) mass is 286 g/mol. The molecule has 3 aromatic rings. The molecule has 6 rings (SSSR count). The molecule has 3 aliphatic carbocycles. The molecule has 0 saturated heterocycles. The van der Waals surface area contributed by atoms with Crippen LogP contribution >= 0.6 is 0 Å². The second-order valence-electron chi connectivity index (χ2n) is 6.06. The second-order valence-corrected chi connectivity index (χ2v) is 6.06. The quantitative estimate of drug-likeness (QED) is 0.667. The van der Waals surface area contributed by atoms with Crippen LogP contribution in [0.2, 0.25) is 0 Å². The summed E-state index contributed by atoms with van der Waals surface area (Å²) >= 11 is 0. The Morgan fingerprint density at radius 3 is 0.773 bits per heavy atom. The molecule has 3 aliphatic rings. The van der Waals surface area contributed by atoms with Gasteiger partial charge < -0.3 is 10.2 Å². The molecule has 0 fully saturated rings. The molecule has 2 nitrogen and oxygen atoms in total. The summed E-state index contributed by atoms with van der Waals surface area (Å²) in [6, 6.07) is 22.9. The molecule has 2 heteroatoms. The van der Waals surface area contributed by atoms with Crippen LogP contribution in [-0.4, -0.2) is 10.2 Å². The van der Waals surface area contributed by atoms with Crippen molar-refractivity contribution in [3.8, 4) is 0 Å². The Kier molecular flexibility index (Phi) is 2.03. The van der Waals surface area contributed by atoms with E-state index in [1.54, 1.807) is 0 Å². The van der Waals surface area contributed by atoms with Crippen molar-refractivity contribution in [2.75, 3.05) is 0 Å². The Morgan fingerprint density at radius 2 is 0.591 bits per heavy atom. The number of hydrogen-bond donors (Lipinski definition) is 2. The molecule has 0 unspecified atom stereocenters. The van der Waals surface area contributed by atoms with Crippen LogP contribution in [0.3, 0.4) is 0 Å². The first-order chi connectivity index (χ1) is 10.7. The number of benzene rings is 3. The highest BCUT2D eigenvalue weighted by Crippen LogP contribution is 2.59. The van der Waals surface area contributed by atoms with Gasteiger partial charge in [-0.2, -0.15) is 0 Å². The van der Waals surface area contributed by atoms with Crippen molar-refractivity contribution in [2.24, 2.45) is 0 Å². The highest BCUT2D eigenvalue weighted by molar-refractivity contribution is 5.71. The highest BCUT2D eigenvalue weighted by atomic mass is 16.3. The Morgan fingerprint density at radius 1 is 0.409 bits per heavy atom. The lowest BCUT2D eigenvalue weighted by Gasteiger charge is -2.51. The van der Waals surface area contributed by atoms with E-state index in [-0.39, 0.29) is 0 Å². The molecule has 106 valence electrons. The Labute approximate surface area is 128 Å². The van der Waals surface area contributed by atoms with Crippen molar-refractivity contribution >= 4 is 0 Å². The minimum Gasteiger partial charge on any atom is -0.376 e. The molecule has 22 heavy (non-hydrogen) atoms. The van der Waals surface area contributed by atoms with Gasteiger partial charge in [0.25, 0.3) is 0 Å². The van der Waals surface area contributed by atoms with Crippen LogP contribution in [0, 0.1) is 0 Å². The van der Waals surface area contributed by atoms with Gasteiger partial charge >= 0.3 is 0 Å². The summed E-state index contributed by atoms with van der Waals surface area (Å²) < 4.78 is 0. The summed E-state index contributed by atoms with van der Waals surface area (Å²) in [7, 11) is 0. The van der Waals surface area contributed by atoms with Crippen LogP contribution in [0.25, 0.3) is 0 Å². The summed E-state index contributed by atoms with van der Waals surface area (Å²) in [5.74, 6) is 0. The van der Waals surface area contributed by atoms with Crippen molar-refractivity contribution in [2.45, 2.75) is 11.2 Å². The molecule has 0 heterocycles. The van der Waals surface area contributed by atoms with E-state index >= 15 is 0 Å². The molecule has 0 saturated carbocycles. The number of hydrogen-bond acceptors (Lipinski definition) is 2. The van der Waals surface area contributed by atoms with Gasteiger partial charge in [-0.1, -0.05) is 72.8 Å². The van der Waals surface area contributed by atoms with Gasteiger partial charge in [0.15, 0.2) is 0 Å². The molecule has 2 bridgehead atoms. The normalized spacial score (nSPS) is 27.0. The predicted molar refractivity (Wildman–Crippen MR) is 83.5 cm³/mol. The van der Waals surface area contributed by atoms with Gasteiger partial charge in [0.1, 0.15) is 11.2 Å². The summed E-state index contributed by atoms with van der Waals surface area (Å²) in [6.45, 7) is 0. The topological polar surface area (TPSA) is 40.5 Å². The molecule has 3 aromatic carbocycles. The summed E-state index contributed by atoms with van der Waals surface area (Å²) in [5, 5.41) is 23.4. The maximum atomic E-state index is 11.7. The Balaban J connectivity index is 2.05. The van der Waals surface area contributed by atoms with Crippen molar-refractivity contribution in [3.05, 3.63) is 106 Å². The molecule has 0 aromatic heterocycles. The van der Waals surface area contributed by atoms with Crippen molar-refractivity contribution in [3.63, 3.8) is 0 Å². The first kappa shape index (κ1) is 12.2. The van der Waals surface area contributed by atoms with E-state index < -0.39 is 11.2 Å². The van der Waals surface area contributed by atoms with Crippen LogP contribution in [0.4, 0.5) is 0 Å². The average Bonchev–Trinajstić information content (AvgIpc) is 2.59. The molecular formula is C20H14O2. The number of rotatable bonds is 0. The lowest BCUT2D eigenvalue weighted by Crippen LogP contribution is -2.50. The minimum atomic E-state index is -1.20. The van der Waals surface area contributed by atoms with Crippen molar-refractivity contribution in [1.82, 2.24) is 0 Å². The largest absolute Gasteiger partial charge is 0.376 e. The van der Waals surface area contributed by atoms with Gasteiger partial charge in [-0.15, -0.1) is 0 Å². The van der Waals surface area contributed by atoms with E-state index in [9.17, 15) is 10.2 Å². The first-order valence-corrected chi connectivity index (χ1v) is 7.43. The standard InChI is InChI=1S/C20H14O2/c21-19-13-7-1-2-8-14(13)20(22,17-11-5-3-9-15(17)19)18-12-6-4-10-16(18)19/h1-12,21-22H. The molecule has 0 amide bonds. The zero-order valence-electron chi connectivity index (χ0n) is 11.8. The van der Waals surface area contributed by atoms with Crippen LogP contribution in [0.5, 0.6) is 0 Å². The molecule has 0 spiro atoms. The van der Waals surface area contributed by atoms with Gasteiger partial charge in [0.05, 0.1) is 0 Å². The van der Waals surface area contributed by atoms with Crippen LogP contribution in [0.15, 0.2) is 72.8 Å². The van der Waals surface area contributed by atoms with Crippen molar-refractivity contribution < 1.29 is 10.2 Å². The Hall–Kier alpha value is -2.42. The Bertz CT molecular complexity index is 733. The SMILES string of the molecule is OC12c3ccccc3C(O)(c3ccccc31)c1ccccc12. The smallest absolute Gasteiger partial charge is 0.141 e. The molecule has 0 atom stereocenters.